The normalized spacial score (nSPS) is 10.8. The van der Waals surface area contributed by atoms with Crippen LogP contribution in [0.1, 0.15) is 4.88 Å². The molecule has 0 saturated heterocycles. The zero-order valence-electron chi connectivity index (χ0n) is 10.4. The summed E-state index contributed by atoms with van der Waals surface area (Å²) in [6.45, 7) is 0.817. The fraction of sp³-hybridized carbons (Fsp3) is 0.143. The lowest BCUT2D eigenvalue weighted by molar-refractivity contribution is 0.887. The van der Waals surface area contributed by atoms with E-state index in [9.17, 15) is 0 Å². The summed E-state index contributed by atoms with van der Waals surface area (Å²) >= 11 is 7.82. The number of anilines is 1. The molecular weight excluding hydrogens is 278 g/mol. The minimum Gasteiger partial charge on any atom is -0.353 e. The number of aromatic nitrogens is 2. The average molecular weight is 290 g/mol. The van der Waals surface area contributed by atoms with Crippen molar-refractivity contribution in [1.82, 2.24) is 10.2 Å². The van der Waals surface area contributed by atoms with Crippen molar-refractivity contribution in [3.05, 3.63) is 51.8 Å². The third-order valence-corrected chi connectivity index (χ3v) is 4.10. The first kappa shape index (κ1) is 12.4. The van der Waals surface area contributed by atoms with Crippen molar-refractivity contribution in [3.8, 4) is 0 Å². The molecule has 0 spiro atoms. The third kappa shape index (κ3) is 2.41. The van der Waals surface area contributed by atoms with Crippen molar-refractivity contribution in [3.63, 3.8) is 0 Å². The van der Waals surface area contributed by atoms with E-state index in [1.807, 2.05) is 31.3 Å². The molecule has 96 valence electrons. The minimum absolute atomic E-state index is 0.448. The van der Waals surface area contributed by atoms with E-state index in [4.69, 9.17) is 11.6 Å². The second-order valence-corrected chi connectivity index (χ2v) is 5.69. The summed E-state index contributed by atoms with van der Waals surface area (Å²) in [6, 6.07) is 12.1. The third-order valence-electron chi connectivity index (χ3n) is 2.96. The Bertz CT molecular complexity index is 697. The van der Waals surface area contributed by atoms with Crippen LogP contribution in [0, 0.1) is 0 Å². The molecule has 0 aliphatic carbocycles. The van der Waals surface area contributed by atoms with Crippen molar-refractivity contribution < 1.29 is 0 Å². The molecule has 3 rings (SSSR count). The van der Waals surface area contributed by atoms with Crippen LogP contribution in [0.25, 0.3) is 10.8 Å². The Morgan fingerprint density at radius 1 is 1.11 bits per heavy atom. The van der Waals surface area contributed by atoms with Gasteiger partial charge < -0.3 is 4.90 Å². The molecule has 0 amide bonds. The van der Waals surface area contributed by atoms with Crippen molar-refractivity contribution in [2.75, 3.05) is 11.9 Å². The highest BCUT2D eigenvalue weighted by atomic mass is 35.5. The van der Waals surface area contributed by atoms with Crippen LogP contribution in [0.5, 0.6) is 0 Å². The van der Waals surface area contributed by atoms with Gasteiger partial charge in [-0.3, -0.25) is 0 Å². The molecule has 3 aromatic rings. The van der Waals surface area contributed by atoms with Gasteiger partial charge in [-0.1, -0.05) is 41.9 Å². The van der Waals surface area contributed by atoms with E-state index in [1.165, 1.54) is 4.88 Å². The molecule has 0 atom stereocenters. The quantitative estimate of drug-likeness (QED) is 0.730. The number of hydrogen-bond donors (Lipinski definition) is 0. The van der Waals surface area contributed by atoms with Gasteiger partial charge in [-0.05, 0) is 11.4 Å². The molecule has 0 saturated carbocycles. The van der Waals surface area contributed by atoms with E-state index in [0.29, 0.717) is 5.15 Å². The lowest BCUT2D eigenvalue weighted by Crippen LogP contribution is -2.17. The van der Waals surface area contributed by atoms with Crippen molar-refractivity contribution in [2.24, 2.45) is 0 Å². The van der Waals surface area contributed by atoms with E-state index < -0.39 is 0 Å². The van der Waals surface area contributed by atoms with Crippen LogP contribution in [0.3, 0.4) is 0 Å². The van der Waals surface area contributed by atoms with Gasteiger partial charge in [0.1, 0.15) is 0 Å². The lowest BCUT2D eigenvalue weighted by Gasteiger charge is -2.18. The number of benzene rings is 1. The van der Waals surface area contributed by atoms with Crippen LogP contribution in [-0.2, 0) is 6.54 Å². The summed E-state index contributed by atoms with van der Waals surface area (Å²) in [6.07, 6.45) is 0. The van der Waals surface area contributed by atoms with Crippen molar-refractivity contribution in [2.45, 2.75) is 6.54 Å². The number of nitrogens with zero attached hydrogens (tertiary/aromatic N) is 3. The van der Waals surface area contributed by atoms with Crippen LogP contribution in [0.15, 0.2) is 41.8 Å². The number of halogens is 1. The molecule has 1 aromatic carbocycles. The Balaban J connectivity index is 2.03. The number of fused-ring (bicyclic) bond motifs is 1. The Kier molecular flexibility index (Phi) is 3.36. The van der Waals surface area contributed by atoms with E-state index >= 15 is 0 Å². The highest BCUT2D eigenvalue weighted by molar-refractivity contribution is 7.09. The van der Waals surface area contributed by atoms with Gasteiger partial charge in [-0.2, -0.15) is 0 Å². The molecule has 0 fully saturated rings. The summed E-state index contributed by atoms with van der Waals surface area (Å²) in [5.74, 6) is 0.855. The van der Waals surface area contributed by atoms with Gasteiger partial charge in [-0.25, -0.2) is 0 Å². The van der Waals surface area contributed by atoms with E-state index in [0.717, 1.165) is 23.1 Å². The van der Waals surface area contributed by atoms with Crippen LogP contribution in [0.4, 0.5) is 5.82 Å². The summed E-state index contributed by atoms with van der Waals surface area (Å²) in [5.41, 5.74) is 0. The Morgan fingerprint density at radius 3 is 2.63 bits per heavy atom. The topological polar surface area (TPSA) is 29.0 Å². The van der Waals surface area contributed by atoms with Gasteiger partial charge in [0, 0.05) is 22.7 Å². The molecule has 2 aromatic heterocycles. The molecule has 5 heteroatoms. The molecule has 0 bridgehead atoms. The second kappa shape index (κ2) is 5.15. The Morgan fingerprint density at radius 2 is 1.89 bits per heavy atom. The molecule has 0 unspecified atom stereocenters. The highest BCUT2D eigenvalue weighted by Crippen LogP contribution is 2.28. The van der Waals surface area contributed by atoms with Gasteiger partial charge >= 0.3 is 0 Å². The van der Waals surface area contributed by atoms with E-state index in [2.05, 4.69) is 32.6 Å². The summed E-state index contributed by atoms with van der Waals surface area (Å²) in [4.78, 5) is 3.39. The standard InChI is InChI=1S/C14H12ClN3S/c1-18(9-10-5-4-8-19-10)14-12-7-3-2-6-11(12)13(15)16-17-14/h2-8H,9H2,1H3. The van der Waals surface area contributed by atoms with Crippen LogP contribution in [-0.4, -0.2) is 17.2 Å². The summed E-state index contributed by atoms with van der Waals surface area (Å²) < 4.78 is 0. The molecule has 3 nitrogen and oxygen atoms in total. The predicted molar refractivity (Wildman–Crippen MR) is 81.0 cm³/mol. The zero-order valence-corrected chi connectivity index (χ0v) is 11.9. The molecule has 0 N–H and O–H groups in total. The Hall–Kier alpha value is -1.65. The average Bonchev–Trinajstić information content (AvgIpc) is 2.92. The molecule has 2 heterocycles. The zero-order chi connectivity index (χ0) is 13.2. The van der Waals surface area contributed by atoms with Crippen LogP contribution in [0.2, 0.25) is 5.15 Å². The molecular formula is C14H12ClN3S. The first-order valence-electron chi connectivity index (χ1n) is 5.90. The number of rotatable bonds is 3. The summed E-state index contributed by atoms with van der Waals surface area (Å²) in [7, 11) is 2.02. The van der Waals surface area contributed by atoms with Gasteiger partial charge in [0.25, 0.3) is 0 Å². The first-order chi connectivity index (χ1) is 9.25. The van der Waals surface area contributed by atoms with E-state index in [1.54, 1.807) is 11.3 Å². The van der Waals surface area contributed by atoms with Gasteiger partial charge in [0.05, 0.1) is 6.54 Å². The van der Waals surface area contributed by atoms with Crippen LogP contribution < -0.4 is 4.90 Å². The van der Waals surface area contributed by atoms with E-state index in [-0.39, 0.29) is 0 Å². The fourth-order valence-electron chi connectivity index (χ4n) is 2.05. The maximum atomic E-state index is 6.09. The summed E-state index contributed by atoms with van der Waals surface area (Å²) in [5, 5.41) is 12.8. The minimum atomic E-state index is 0.448. The van der Waals surface area contributed by atoms with Gasteiger partial charge in [0.2, 0.25) is 0 Å². The highest BCUT2D eigenvalue weighted by Gasteiger charge is 2.11. The monoisotopic (exact) mass is 289 g/mol. The van der Waals surface area contributed by atoms with Gasteiger partial charge in [0.15, 0.2) is 11.0 Å². The Labute approximate surface area is 120 Å². The van der Waals surface area contributed by atoms with Crippen LogP contribution >= 0.6 is 22.9 Å². The number of thiophene rings is 1. The maximum absolute atomic E-state index is 6.09. The molecule has 0 radical (unpaired) electrons. The molecule has 0 aliphatic rings. The predicted octanol–water partition coefficient (Wildman–Crippen LogP) is 3.98. The van der Waals surface area contributed by atoms with Crippen molar-refractivity contribution >= 4 is 39.5 Å². The lowest BCUT2D eigenvalue weighted by atomic mass is 10.2. The number of hydrogen-bond acceptors (Lipinski definition) is 4. The smallest absolute Gasteiger partial charge is 0.159 e. The largest absolute Gasteiger partial charge is 0.353 e. The first-order valence-corrected chi connectivity index (χ1v) is 7.16. The molecule has 0 aliphatic heterocycles. The fourth-order valence-corrected chi connectivity index (χ4v) is 3.01. The van der Waals surface area contributed by atoms with Gasteiger partial charge in [-0.15, -0.1) is 21.5 Å². The SMILES string of the molecule is CN(Cc1cccs1)c1nnc(Cl)c2ccccc12. The second-order valence-electron chi connectivity index (χ2n) is 4.30. The van der Waals surface area contributed by atoms with Crippen molar-refractivity contribution in [1.29, 1.82) is 0 Å². The maximum Gasteiger partial charge on any atom is 0.159 e. The molecule has 19 heavy (non-hydrogen) atoms.